The number of carbonyl (C=O) groups excluding carboxylic acids is 1. The predicted molar refractivity (Wildman–Crippen MR) is 122 cm³/mol. The Morgan fingerprint density at radius 1 is 1.10 bits per heavy atom. The van der Waals surface area contributed by atoms with Gasteiger partial charge >= 0.3 is 5.97 Å². The average molecular weight is 423 g/mol. The van der Waals surface area contributed by atoms with E-state index in [9.17, 15) is 4.79 Å². The van der Waals surface area contributed by atoms with Gasteiger partial charge in [-0.3, -0.25) is 0 Å². The number of esters is 1. The molecule has 4 fully saturated rings. The number of hydrogen-bond acceptors (Lipinski definition) is 4. The molecule has 4 rings (SSSR count). The highest BCUT2D eigenvalue weighted by Crippen LogP contribution is 2.67. The van der Waals surface area contributed by atoms with Gasteiger partial charge in [0, 0.05) is 12.7 Å². The third-order valence-corrected chi connectivity index (χ3v) is 8.88. The van der Waals surface area contributed by atoms with Crippen molar-refractivity contribution in [3.05, 3.63) is 12.7 Å². The van der Waals surface area contributed by atoms with Crippen LogP contribution in [0.2, 0.25) is 0 Å². The maximum absolute atomic E-state index is 11.5. The molecule has 4 saturated carbocycles. The summed E-state index contributed by atoms with van der Waals surface area (Å²) in [6.45, 7) is 9.52. The molecule has 0 aliphatic heterocycles. The first-order valence-electron chi connectivity index (χ1n) is 12.0. The minimum atomic E-state index is -0.277. The van der Waals surface area contributed by atoms with Gasteiger partial charge in [-0.2, -0.15) is 0 Å². The summed E-state index contributed by atoms with van der Waals surface area (Å²) < 4.78 is 11.8. The highest BCUT2D eigenvalue weighted by Gasteiger charge is 2.56. The standard InChI is InChI=1S/C25H42O3S/c1-4-7-13-29-23(8-5-2)28-12-10-25-17-20-14-21(18-25)16-24(15-20,19-25)9-11-27-22(26)6-3/h6,20-21,23H,3-5,7-19H2,1-2H3. The van der Waals surface area contributed by atoms with E-state index in [1.807, 2.05) is 11.8 Å². The van der Waals surface area contributed by atoms with Crippen LogP contribution in [0.25, 0.3) is 0 Å². The minimum absolute atomic E-state index is 0.277. The molecule has 0 saturated heterocycles. The maximum Gasteiger partial charge on any atom is 0.330 e. The van der Waals surface area contributed by atoms with Crippen molar-refractivity contribution in [2.45, 2.75) is 96.3 Å². The number of carbonyl (C=O) groups is 1. The van der Waals surface area contributed by atoms with Gasteiger partial charge in [-0.05, 0) is 92.6 Å². The summed E-state index contributed by atoms with van der Waals surface area (Å²) >= 11 is 2.02. The second-order valence-corrected chi connectivity index (χ2v) is 11.4. The zero-order valence-electron chi connectivity index (χ0n) is 18.8. The van der Waals surface area contributed by atoms with Crippen LogP contribution >= 0.6 is 11.8 Å². The highest BCUT2D eigenvalue weighted by atomic mass is 32.2. The van der Waals surface area contributed by atoms with Crippen molar-refractivity contribution in [1.29, 1.82) is 0 Å². The van der Waals surface area contributed by atoms with Gasteiger partial charge in [0.15, 0.2) is 0 Å². The van der Waals surface area contributed by atoms with Gasteiger partial charge in [0.05, 0.1) is 6.61 Å². The minimum Gasteiger partial charge on any atom is -0.463 e. The van der Waals surface area contributed by atoms with Crippen molar-refractivity contribution >= 4 is 17.7 Å². The Morgan fingerprint density at radius 2 is 1.76 bits per heavy atom. The number of thioether (sulfide) groups is 1. The lowest BCUT2D eigenvalue weighted by Gasteiger charge is -2.62. The van der Waals surface area contributed by atoms with Crippen molar-refractivity contribution in [2.24, 2.45) is 22.7 Å². The molecule has 0 aromatic carbocycles. The van der Waals surface area contributed by atoms with E-state index in [4.69, 9.17) is 9.47 Å². The zero-order valence-corrected chi connectivity index (χ0v) is 19.6. The summed E-state index contributed by atoms with van der Waals surface area (Å²) in [4.78, 5) is 11.5. The first-order valence-corrected chi connectivity index (χ1v) is 13.1. The van der Waals surface area contributed by atoms with Crippen LogP contribution in [0.15, 0.2) is 12.7 Å². The van der Waals surface area contributed by atoms with Gasteiger partial charge < -0.3 is 9.47 Å². The van der Waals surface area contributed by atoms with Crippen molar-refractivity contribution in [3.8, 4) is 0 Å². The van der Waals surface area contributed by atoms with Crippen LogP contribution in [0.5, 0.6) is 0 Å². The van der Waals surface area contributed by atoms with E-state index < -0.39 is 0 Å². The molecule has 0 radical (unpaired) electrons. The van der Waals surface area contributed by atoms with Crippen LogP contribution in [0, 0.1) is 22.7 Å². The van der Waals surface area contributed by atoms with E-state index in [0.29, 0.717) is 22.9 Å². The molecule has 4 aliphatic rings. The lowest BCUT2D eigenvalue weighted by Crippen LogP contribution is -2.52. The van der Waals surface area contributed by atoms with Crippen LogP contribution in [-0.4, -0.2) is 30.4 Å². The Hall–Kier alpha value is -0.480. The molecule has 29 heavy (non-hydrogen) atoms. The number of unbranched alkanes of at least 4 members (excludes halogenated alkanes) is 1. The van der Waals surface area contributed by atoms with E-state index >= 15 is 0 Å². The van der Waals surface area contributed by atoms with E-state index in [2.05, 4.69) is 20.4 Å². The Kier molecular flexibility index (Phi) is 8.56. The summed E-state index contributed by atoms with van der Waals surface area (Å²) in [6, 6.07) is 0. The monoisotopic (exact) mass is 422 g/mol. The Morgan fingerprint density at radius 3 is 2.34 bits per heavy atom. The van der Waals surface area contributed by atoms with Gasteiger partial charge in [0.25, 0.3) is 0 Å². The summed E-state index contributed by atoms with van der Waals surface area (Å²) in [5.74, 6) is 2.72. The second-order valence-electron chi connectivity index (χ2n) is 10.1. The normalized spacial score (nSPS) is 33.6. The summed E-state index contributed by atoms with van der Waals surface area (Å²) in [6.07, 6.45) is 16.7. The van der Waals surface area contributed by atoms with Crippen LogP contribution in [-0.2, 0) is 14.3 Å². The van der Waals surface area contributed by atoms with Crippen LogP contribution in [0.3, 0.4) is 0 Å². The molecule has 4 bridgehead atoms. The molecule has 0 amide bonds. The maximum atomic E-state index is 11.5. The third-order valence-electron chi connectivity index (χ3n) is 7.61. The summed E-state index contributed by atoms with van der Waals surface area (Å²) in [5.41, 5.74) is 1.27. The number of hydrogen-bond donors (Lipinski definition) is 0. The molecular weight excluding hydrogens is 380 g/mol. The predicted octanol–water partition coefficient (Wildman–Crippen LogP) is 6.76. The molecule has 0 heterocycles. The van der Waals surface area contributed by atoms with Gasteiger partial charge in [-0.15, -0.1) is 11.8 Å². The molecule has 3 nitrogen and oxygen atoms in total. The van der Waals surface area contributed by atoms with E-state index in [-0.39, 0.29) is 5.97 Å². The fourth-order valence-corrected chi connectivity index (χ4v) is 8.19. The van der Waals surface area contributed by atoms with Gasteiger partial charge in [-0.1, -0.05) is 33.3 Å². The Bertz CT molecular complexity index is 532. The number of rotatable bonds is 14. The van der Waals surface area contributed by atoms with Crippen molar-refractivity contribution in [2.75, 3.05) is 19.0 Å². The summed E-state index contributed by atoms with van der Waals surface area (Å²) in [7, 11) is 0. The van der Waals surface area contributed by atoms with Crippen molar-refractivity contribution in [3.63, 3.8) is 0 Å². The van der Waals surface area contributed by atoms with Crippen LogP contribution < -0.4 is 0 Å². The average Bonchev–Trinajstić information content (AvgIpc) is 2.66. The van der Waals surface area contributed by atoms with Gasteiger partial charge in [0.1, 0.15) is 5.44 Å². The SMILES string of the molecule is C=CC(=O)OCCC12CC3CC(C1)CC(CCOC(CCC)SCCCC)(C3)C2. The first-order chi connectivity index (χ1) is 14.0. The fourth-order valence-electron chi connectivity index (χ4n) is 6.88. The first kappa shape index (κ1) is 23.2. The van der Waals surface area contributed by atoms with E-state index in [1.54, 1.807) is 0 Å². The van der Waals surface area contributed by atoms with Crippen molar-refractivity contribution in [1.82, 2.24) is 0 Å². The molecule has 0 aromatic rings. The molecule has 0 N–H and O–H groups in total. The molecule has 0 aromatic heterocycles. The molecule has 4 aliphatic carbocycles. The zero-order chi connectivity index (χ0) is 20.7. The van der Waals surface area contributed by atoms with Crippen LogP contribution in [0.1, 0.15) is 90.9 Å². The van der Waals surface area contributed by atoms with Crippen LogP contribution in [0.4, 0.5) is 0 Å². The van der Waals surface area contributed by atoms with Gasteiger partial charge in [-0.25, -0.2) is 4.79 Å². The third kappa shape index (κ3) is 6.26. The molecular formula is C25H42O3S. The van der Waals surface area contributed by atoms with E-state index in [1.165, 1.54) is 82.5 Å². The molecule has 3 unspecified atom stereocenters. The topological polar surface area (TPSA) is 35.5 Å². The Balaban J connectivity index is 1.52. The molecule has 166 valence electrons. The molecule has 4 heteroatoms. The Labute approximate surface area is 182 Å². The molecule has 3 atom stereocenters. The lowest BCUT2D eigenvalue weighted by molar-refractivity contribution is -0.145. The molecule has 0 spiro atoms. The fraction of sp³-hybridized carbons (Fsp3) is 0.880. The number of ether oxygens (including phenoxy) is 2. The highest BCUT2D eigenvalue weighted by molar-refractivity contribution is 7.99. The van der Waals surface area contributed by atoms with Gasteiger partial charge in [0.2, 0.25) is 0 Å². The smallest absolute Gasteiger partial charge is 0.330 e. The second kappa shape index (κ2) is 10.7. The van der Waals surface area contributed by atoms with Crippen molar-refractivity contribution < 1.29 is 14.3 Å². The lowest BCUT2D eigenvalue weighted by atomic mass is 9.43. The largest absolute Gasteiger partial charge is 0.463 e. The summed E-state index contributed by atoms with van der Waals surface area (Å²) in [5, 5.41) is 0. The quantitative estimate of drug-likeness (QED) is 0.134. The van der Waals surface area contributed by atoms with E-state index in [0.717, 1.165) is 24.9 Å².